The SMILES string of the molecule is C=CC=CCC(O)CC=CCCO. The summed E-state index contributed by atoms with van der Waals surface area (Å²) in [6.45, 7) is 3.70. The molecule has 13 heavy (non-hydrogen) atoms. The van der Waals surface area contributed by atoms with Gasteiger partial charge < -0.3 is 10.2 Å². The Morgan fingerprint density at radius 2 is 1.85 bits per heavy atom. The first kappa shape index (κ1) is 12.1. The number of hydrogen-bond donors (Lipinski definition) is 2. The van der Waals surface area contributed by atoms with Crippen molar-refractivity contribution in [3.63, 3.8) is 0 Å². The van der Waals surface area contributed by atoms with Crippen LogP contribution < -0.4 is 0 Å². The van der Waals surface area contributed by atoms with E-state index in [1.54, 1.807) is 6.08 Å². The largest absolute Gasteiger partial charge is 0.396 e. The molecule has 0 aromatic heterocycles. The van der Waals surface area contributed by atoms with E-state index in [1.165, 1.54) is 0 Å². The van der Waals surface area contributed by atoms with Crippen LogP contribution in [0.5, 0.6) is 0 Å². The molecular formula is C11H18O2. The molecule has 2 heteroatoms. The minimum absolute atomic E-state index is 0.170. The Bertz CT molecular complexity index is 171. The van der Waals surface area contributed by atoms with Crippen LogP contribution in [0.3, 0.4) is 0 Å². The Hall–Kier alpha value is -0.860. The fourth-order valence-corrected chi connectivity index (χ4v) is 0.874. The highest BCUT2D eigenvalue weighted by atomic mass is 16.3. The van der Waals surface area contributed by atoms with Crippen LogP contribution in [0.15, 0.2) is 37.0 Å². The second kappa shape index (κ2) is 9.23. The Morgan fingerprint density at radius 1 is 1.15 bits per heavy atom. The molecule has 0 aromatic carbocycles. The maximum absolute atomic E-state index is 9.38. The van der Waals surface area contributed by atoms with Gasteiger partial charge in [-0.05, 0) is 19.3 Å². The van der Waals surface area contributed by atoms with E-state index >= 15 is 0 Å². The van der Waals surface area contributed by atoms with Crippen molar-refractivity contribution in [2.24, 2.45) is 0 Å². The molecule has 0 fully saturated rings. The normalized spacial score (nSPS) is 14.0. The van der Waals surface area contributed by atoms with Gasteiger partial charge in [0.1, 0.15) is 0 Å². The summed E-state index contributed by atoms with van der Waals surface area (Å²) in [5, 5.41) is 17.8. The summed E-state index contributed by atoms with van der Waals surface area (Å²) in [7, 11) is 0. The molecule has 0 radical (unpaired) electrons. The second-order valence-corrected chi connectivity index (χ2v) is 2.77. The summed E-state index contributed by atoms with van der Waals surface area (Å²) < 4.78 is 0. The van der Waals surface area contributed by atoms with E-state index < -0.39 is 0 Å². The minimum atomic E-state index is -0.328. The minimum Gasteiger partial charge on any atom is -0.396 e. The molecule has 74 valence electrons. The zero-order chi connectivity index (χ0) is 9.94. The summed E-state index contributed by atoms with van der Waals surface area (Å²) >= 11 is 0. The third kappa shape index (κ3) is 9.05. The lowest BCUT2D eigenvalue weighted by Crippen LogP contribution is -2.02. The van der Waals surface area contributed by atoms with Crippen molar-refractivity contribution in [2.75, 3.05) is 6.61 Å². The van der Waals surface area contributed by atoms with Gasteiger partial charge in [0.05, 0.1) is 6.10 Å². The quantitative estimate of drug-likeness (QED) is 0.465. The third-order valence-electron chi connectivity index (χ3n) is 1.55. The fourth-order valence-electron chi connectivity index (χ4n) is 0.874. The first-order chi connectivity index (χ1) is 6.31. The second-order valence-electron chi connectivity index (χ2n) is 2.77. The lowest BCUT2D eigenvalue weighted by atomic mass is 10.1. The Labute approximate surface area is 79.9 Å². The van der Waals surface area contributed by atoms with Crippen LogP contribution in [0.25, 0.3) is 0 Å². The van der Waals surface area contributed by atoms with E-state index in [0.717, 1.165) is 0 Å². The van der Waals surface area contributed by atoms with Crippen molar-refractivity contribution < 1.29 is 10.2 Å². The summed E-state index contributed by atoms with van der Waals surface area (Å²) in [4.78, 5) is 0. The van der Waals surface area contributed by atoms with Gasteiger partial charge in [0.25, 0.3) is 0 Å². The average molecular weight is 182 g/mol. The first-order valence-electron chi connectivity index (χ1n) is 4.52. The molecule has 0 heterocycles. The van der Waals surface area contributed by atoms with E-state index in [0.29, 0.717) is 19.3 Å². The van der Waals surface area contributed by atoms with Crippen LogP contribution in [0.2, 0.25) is 0 Å². The Kier molecular flexibility index (Phi) is 8.62. The molecule has 0 aliphatic rings. The van der Waals surface area contributed by atoms with E-state index in [2.05, 4.69) is 6.58 Å². The van der Waals surface area contributed by atoms with Crippen molar-refractivity contribution in [1.82, 2.24) is 0 Å². The molecule has 0 aromatic rings. The van der Waals surface area contributed by atoms with Gasteiger partial charge in [-0.15, -0.1) is 0 Å². The predicted octanol–water partition coefficient (Wildman–Crippen LogP) is 1.81. The fraction of sp³-hybridized carbons (Fsp3) is 0.455. The molecule has 0 amide bonds. The highest BCUT2D eigenvalue weighted by Gasteiger charge is 1.96. The topological polar surface area (TPSA) is 40.5 Å². The molecular weight excluding hydrogens is 164 g/mol. The van der Waals surface area contributed by atoms with Gasteiger partial charge in [0.2, 0.25) is 0 Å². The van der Waals surface area contributed by atoms with Crippen LogP contribution in [0.4, 0.5) is 0 Å². The average Bonchev–Trinajstić information content (AvgIpc) is 2.13. The van der Waals surface area contributed by atoms with Gasteiger partial charge in [-0.3, -0.25) is 0 Å². The molecule has 0 spiro atoms. The lowest BCUT2D eigenvalue weighted by Gasteiger charge is -2.02. The predicted molar refractivity (Wildman–Crippen MR) is 55.4 cm³/mol. The first-order valence-corrected chi connectivity index (χ1v) is 4.52. The van der Waals surface area contributed by atoms with Gasteiger partial charge in [0, 0.05) is 6.61 Å². The summed E-state index contributed by atoms with van der Waals surface area (Å²) in [6, 6.07) is 0. The molecule has 0 rings (SSSR count). The number of hydrogen-bond acceptors (Lipinski definition) is 2. The van der Waals surface area contributed by atoms with Crippen LogP contribution >= 0.6 is 0 Å². The van der Waals surface area contributed by atoms with Crippen molar-refractivity contribution >= 4 is 0 Å². The van der Waals surface area contributed by atoms with Crippen molar-refractivity contribution in [3.8, 4) is 0 Å². The molecule has 1 atom stereocenters. The Morgan fingerprint density at radius 3 is 2.46 bits per heavy atom. The van der Waals surface area contributed by atoms with Crippen LogP contribution in [-0.4, -0.2) is 22.9 Å². The van der Waals surface area contributed by atoms with E-state index in [9.17, 15) is 5.11 Å². The highest BCUT2D eigenvalue weighted by Crippen LogP contribution is 2.00. The zero-order valence-corrected chi connectivity index (χ0v) is 7.89. The lowest BCUT2D eigenvalue weighted by molar-refractivity contribution is 0.181. The smallest absolute Gasteiger partial charge is 0.0609 e. The van der Waals surface area contributed by atoms with Gasteiger partial charge in [-0.25, -0.2) is 0 Å². The van der Waals surface area contributed by atoms with E-state index in [-0.39, 0.29) is 12.7 Å². The maximum Gasteiger partial charge on any atom is 0.0609 e. The molecule has 0 bridgehead atoms. The summed E-state index contributed by atoms with van der Waals surface area (Å²) in [6.07, 6.45) is 10.8. The number of rotatable bonds is 7. The third-order valence-corrected chi connectivity index (χ3v) is 1.55. The van der Waals surface area contributed by atoms with Gasteiger partial charge in [-0.1, -0.05) is 37.0 Å². The summed E-state index contributed by atoms with van der Waals surface area (Å²) in [5.41, 5.74) is 0. The zero-order valence-electron chi connectivity index (χ0n) is 7.89. The van der Waals surface area contributed by atoms with Crippen LogP contribution in [0.1, 0.15) is 19.3 Å². The molecule has 0 aliphatic heterocycles. The van der Waals surface area contributed by atoms with Gasteiger partial charge in [-0.2, -0.15) is 0 Å². The van der Waals surface area contributed by atoms with Crippen molar-refractivity contribution in [2.45, 2.75) is 25.4 Å². The molecule has 0 saturated carbocycles. The van der Waals surface area contributed by atoms with Crippen LogP contribution in [-0.2, 0) is 0 Å². The maximum atomic E-state index is 9.38. The number of allylic oxidation sites excluding steroid dienone is 2. The van der Waals surface area contributed by atoms with Crippen molar-refractivity contribution in [1.29, 1.82) is 0 Å². The molecule has 2 N–H and O–H groups in total. The molecule has 2 nitrogen and oxygen atoms in total. The van der Waals surface area contributed by atoms with E-state index in [1.807, 2.05) is 24.3 Å². The summed E-state index contributed by atoms with van der Waals surface area (Å²) in [5.74, 6) is 0. The number of aliphatic hydroxyl groups excluding tert-OH is 2. The Balaban J connectivity index is 3.44. The highest BCUT2D eigenvalue weighted by molar-refractivity contribution is 4.98. The van der Waals surface area contributed by atoms with Gasteiger partial charge in [0.15, 0.2) is 0 Å². The molecule has 0 aliphatic carbocycles. The van der Waals surface area contributed by atoms with E-state index in [4.69, 9.17) is 5.11 Å². The molecule has 1 unspecified atom stereocenters. The van der Waals surface area contributed by atoms with Gasteiger partial charge >= 0.3 is 0 Å². The van der Waals surface area contributed by atoms with Crippen molar-refractivity contribution in [3.05, 3.63) is 37.0 Å². The number of aliphatic hydroxyl groups is 2. The standard InChI is InChI=1S/C11H18O2/c1-2-3-5-8-11(13)9-6-4-7-10-12/h2-6,11-13H,1,7-10H2. The monoisotopic (exact) mass is 182 g/mol. The molecule has 0 saturated heterocycles. The van der Waals surface area contributed by atoms with Crippen LogP contribution in [0, 0.1) is 0 Å².